The van der Waals surface area contributed by atoms with Gasteiger partial charge in [-0.2, -0.15) is 4.31 Å². The molecule has 1 unspecified atom stereocenters. The van der Waals surface area contributed by atoms with Crippen LogP contribution in [0.1, 0.15) is 31.7 Å². The maximum Gasteiger partial charge on any atom is 0.214 e. The van der Waals surface area contributed by atoms with Gasteiger partial charge in [0.25, 0.3) is 0 Å². The summed E-state index contributed by atoms with van der Waals surface area (Å²) in [7, 11) is -3.17. The van der Waals surface area contributed by atoms with E-state index in [-0.39, 0.29) is 11.8 Å². The molecular weight excluding hydrogens is 284 g/mol. The van der Waals surface area contributed by atoms with Crippen molar-refractivity contribution in [3.63, 3.8) is 0 Å². The molecule has 0 bridgehead atoms. The molecule has 1 aliphatic heterocycles. The molecule has 0 spiro atoms. The van der Waals surface area contributed by atoms with Crippen LogP contribution in [0.4, 0.5) is 0 Å². The molecule has 1 N–H and O–H groups in total. The Balaban J connectivity index is 1.98. The van der Waals surface area contributed by atoms with Crippen molar-refractivity contribution >= 4 is 10.0 Å². The third kappa shape index (κ3) is 4.80. The number of aryl methyl sites for hydroxylation is 1. The van der Waals surface area contributed by atoms with Gasteiger partial charge in [0.1, 0.15) is 0 Å². The van der Waals surface area contributed by atoms with Crippen molar-refractivity contribution in [3.05, 3.63) is 35.9 Å². The molecule has 2 rings (SSSR count). The molecule has 4 nitrogen and oxygen atoms in total. The molecule has 1 fully saturated rings. The third-order valence-corrected chi connectivity index (χ3v) is 5.97. The van der Waals surface area contributed by atoms with E-state index in [9.17, 15) is 8.42 Å². The number of hydrogen-bond donors (Lipinski definition) is 1. The van der Waals surface area contributed by atoms with Crippen LogP contribution in [0.5, 0.6) is 0 Å². The van der Waals surface area contributed by atoms with Crippen LogP contribution in [0.15, 0.2) is 30.3 Å². The number of nitrogens with one attached hydrogen (secondary N) is 1. The molecule has 118 valence electrons. The summed E-state index contributed by atoms with van der Waals surface area (Å²) in [5.74, 6) is 0.208. The number of nitrogens with zero attached hydrogens (tertiary/aromatic N) is 1. The van der Waals surface area contributed by atoms with Crippen molar-refractivity contribution < 1.29 is 8.42 Å². The second-order valence-corrected chi connectivity index (χ2v) is 7.66. The Morgan fingerprint density at radius 3 is 2.71 bits per heavy atom. The number of piperidine rings is 1. The van der Waals surface area contributed by atoms with Crippen LogP contribution in [0.3, 0.4) is 0 Å². The van der Waals surface area contributed by atoms with E-state index in [0.717, 1.165) is 37.9 Å². The normalized spacial score (nSPS) is 20.5. The molecule has 21 heavy (non-hydrogen) atoms. The first-order chi connectivity index (χ1) is 10.1. The highest BCUT2D eigenvalue weighted by Crippen LogP contribution is 2.21. The van der Waals surface area contributed by atoms with Crippen molar-refractivity contribution in [1.29, 1.82) is 0 Å². The first-order valence-electron chi connectivity index (χ1n) is 7.87. The lowest BCUT2D eigenvalue weighted by Gasteiger charge is -2.34. The predicted octanol–water partition coefficient (Wildman–Crippen LogP) is 2.02. The summed E-state index contributed by atoms with van der Waals surface area (Å²) < 4.78 is 27.0. The summed E-state index contributed by atoms with van der Waals surface area (Å²) in [6.45, 7) is 4.37. The van der Waals surface area contributed by atoms with Gasteiger partial charge in [0.15, 0.2) is 0 Å². The fourth-order valence-electron chi connectivity index (χ4n) is 2.86. The zero-order valence-corrected chi connectivity index (χ0v) is 13.6. The smallest absolute Gasteiger partial charge is 0.214 e. The van der Waals surface area contributed by atoms with Gasteiger partial charge in [-0.25, -0.2) is 8.42 Å². The Labute approximate surface area is 128 Å². The van der Waals surface area contributed by atoms with Gasteiger partial charge >= 0.3 is 0 Å². The van der Waals surface area contributed by atoms with Crippen molar-refractivity contribution in [2.75, 3.05) is 25.4 Å². The van der Waals surface area contributed by atoms with Crippen LogP contribution in [0, 0.1) is 0 Å². The molecule has 0 saturated carbocycles. The number of likely N-dealkylation sites (N-methyl/N-ethyl adjacent to an activating group) is 1. The van der Waals surface area contributed by atoms with Gasteiger partial charge in [-0.05, 0) is 31.4 Å². The van der Waals surface area contributed by atoms with E-state index in [2.05, 4.69) is 12.2 Å². The van der Waals surface area contributed by atoms with Crippen molar-refractivity contribution in [1.82, 2.24) is 9.62 Å². The van der Waals surface area contributed by atoms with Gasteiger partial charge in [0, 0.05) is 19.1 Å². The van der Waals surface area contributed by atoms with E-state index in [1.807, 2.05) is 30.3 Å². The maximum atomic E-state index is 12.6. The first kappa shape index (κ1) is 16.5. The first-order valence-corrected chi connectivity index (χ1v) is 9.48. The minimum Gasteiger partial charge on any atom is -0.315 e. The fourth-order valence-corrected chi connectivity index (χ4v) is 4.63. The molecule has 1 saturated heterocycles. The molecule has 1 aromatic rings. The van der Waals surface area contributed by atoms with Gasteiger partial charge in [-0.15, -0.1) is 0 Å². The summed E-state index contributed by atoms with van der Waals surface area (Å²) in [5, 5.41) is 3.29. The molecule has 1 heterocycles. The molecule has 0 radical (unpaired) electrons. The molecule has 1 aromatic carbocycles. The quantitative estimate of drug-likeness (QED) is 0.838. The average molecular weight is 310 g/mol. The average Bonchev–Trinajstić information content (AvgIpc) is 2.52. The highest BCUT2D eigenvalue weighted by Gasteiger charge is 2.31. The SMILES string of the molecule is CCNCC1CCCCN1S(=O)(=O)CCc1ccccc1. The lowest BCUT2D eigenvalue weighted by Crippen LogP contribution is -2.49. The van der Waals surface area contributed by atoms with Crippen molar-refractivity contribution in [2.24, 2.45) is 0 Å². The summed E-state index contributed by atoms with van der Waals surface area (Å²) >= 11 is 0. The topological polar surface area (TPSA) is 49.4 Å². The lowest BCUT2D eigenvalue weighted by molar-refractivity contribution is 0.246. The van der Waals surface area contributed by atoms with Crippen LogP contribution in [0.25, 0.3) is 0 Å². The Hall–Kier alpha value is -0.910. The number of rotatable bonds is 7. The fraction of sp³-hybridized carbons (Fsp3) is 0.625. The highest BCUT2D eigenvalue weighted by molar-refractivity contribution is 7.89. The van der Waals surface area contributed by atoms with E-state index in [1.54, 1.807) is 4.31 Å². The van der Waals surface area contributed by atoms with E-state index in [4.69, 9.17) is 0 Å². The number of hydrogen-bond acceptors (Lipinski definition) is 3. The molecule has 0 aromatic heterocycles. The van der Waals surface area contributed by atoms with E-state index >= 15 is 0 Å². The molecule has 5 heteroatoms. The van der Waals surface area contributed by atoms with E-state index < -0.39 is 10.0 Å². The number of sulfonamides is 1. The van der Waals surface area contributed by atoms with Gasteiger partial charge in [-0.3, -0.25) is 0 Å². The second-order valence-electron chi connectivity index (χ2n) is 5.62. The van der Waals surface area contributed by atoms with Crippen LogP contribution < -0.4 is 5.32 Å². The summed E-state index contributed by atoms with van der Waals surface area (Å²) in [5.41, 5.74) is 1.08. The Bertz CT molecular complexity index is 516. The standard InChI is InChI=1S/C16H26N2O2S/c1-2-17-14-16-10-6-7-12-18(16)21(19,20)13-11-15-8-4-3-5-9-15/h3-5,8-9,16-17H,2,6-7,10-14H2,1H3. The van der Waals surface area contributed by atoms with Gasteiger partial charge in [0.2, 0.25) is 10.0 Å². The second kappa shape index (κ2) is 7.92. The zero-order valence-electron chi connectivity index (χ0n) is 12.8. The van der Waals surface area contributed by atoms with Crippen molar-refractivity contribution in [3.8, 4) is 0 Å². The van der Waals surface area contributed by atoms with Gasteiger partial charge < -0.3 is 5.32 Å². The number of benzene rings is 1. The predicted molar refractivity (Wildman–Crippen MR) is 86.8 cm³/mol. The Kier molecular flexibility index (Phi) is 6.21. The van der Waals surface area contributed by atoms with Crippen LogP contribution >= 0.6 is 0 Å². The highest BCUT2D eigenvalue weighted by atomic mass is 32.2. The lowest BCUT2D eigenvalue weighted by atomic mass is 10.1. The minimum absolute atomic E-state index is 0.125. The van der Waals surface area contributed by atoms with E-state index in [0.29, 0.717) is 13.0 Å². The molecule has 0 amide bonds. The molecule has 0 aliphatic carbocycles. The van der Waals surface area contributed by atoms with Crippen molar-refractivity contribution in [2.45, 2.75) is 38.6 Å². The largest absolute Gasteiger partial charge is 0.315 e. The van der Waals surface area contributed by atoms with Crippen LogP contribution in [-0.2, 0) is 16.4 Å². The molecular formula is C16H26N2O2S. The summed E-state index contributed by atoms with van der Waals surface area (Å²) in [6.07, 6.45) is 3.67. The maximum absolute atomic E-state index is 12.6. The third-order valence-electron chi connectivity index (χ3n) is 4.05. The van der Waals surface area contributed by atoms with E-state index in [1.165, 1.54) is 0 Å². The zero-order chi connectivity index (χ0) is 15.1. The van der Waals surface area contributed by atoms with Crippen LogP contribution in [-0.4, -0.2) is 44.2 Å². The summed E-state index contributed by atoms with van der Waals surface area (Å²) in [4.78, 5) is 0. The monoisotopic (exact) mass is 310 g/mol. The summed E-state index contributed by atoms with van der Waals surface area (Å²) in [6, 6.07) is 9.96. The minimum atomic E-state index is -3.17. The van der Waals surface area contributed by atoms with Gasteiger partial charge in [0.05, 0.1) is 5.75 Å². The molecule has 1 atom stereocenters. The van der Waals surface area contributed by atoms with Gasteiger partial charge in [-0.1, -0.05) is 43.7 Å². The molecule has 1 aliphatic rings. The Morgan fingerprint density at radius 1 is 1.24 bits per heavy atom. The Morgan fingerprint density at radius 2 is 2.00 bits per heavy atom. The van der Waals surface area contributed by atoms with Crippen LogP contribution in [0.2, 0.25) is 0 Å².